The van der Waals surface area contributed by atoms with Crippen molar-refractivity contribution >= 4 is 15.7 Å². The van der Waals surface area contributed by atoms with E-state index in [2.05, 4.69) is 0 Å². The Kier molecular flexibility index (Phi) is 5.52. The van der Waals surface area contributed by atoms with Crippen LogP contribution in [0.3, 0.4) is 0 Å². The van der Waals surface area contributed by atoms with Gasteiger partial charge in [-0.25, -0.2) is 8.42 Å². The number of carbonyl (C=O) groups excluding carboxylic acids is 1. The normalized spacial score (nSPS) is 12.5. The van der Waals surface area contributed by atoms with E-state index in [0.29, 0.717) is 5.56 Å². The summed E-state index contributed by atoms with van der Waals surface area (Å²) in [6, 6.07) is 12.0. The molecule has 1 unspecified atom stereocenters. The molecule has 0 heterocycles. The molecule has 0 saturated carbocycles. The van der Waals surface area contributed by atoms with Crippen molar-refractivity contribution in [2.75, 3.05) is 20.4 Å². The predicted octanol–water partition coefficient (Wildman–Crippen LogP) is 3.24. The van der Waals surface area contributed by atoms with Gasteiger partial charge < -0.3 is 9.64 Å². The van der Waals surface area contributed by atoms with Gasteiger partial charge in [-0.15, -0.1) is 0 Å². The predicted molar refractivity (Wildman–Crippen MR) is 97.8 cm³/mol. The smallest absolute Gasteiger partial charge is 0.254 e. The third-order valence-corrected chi connectivity index (χ3v) is 5.48. The van der Waals surface area contributed by atoms with Crippen LogP contribution in [0.25, 0.3) is 0 Å². The monoisotopic (exact) mass is 361 g/mol. The van der Waals surface area contributed by atoms with Gasteiger partial charge in [0.05, 0.1) is 18.0 Å². The van der Waals surface area contributed by atoms with Crippen LogP contribution in [0.15, 0.2) is 47.4 Å². The zero-order chi connectivity index (χ0) is 18.8. The number of ether oxygens (including phenoxy) is 1. The van der Waals surface area contributed by atoms with E-state index in [1.165, 1.54) is 12.1 Å². The molecule has 0 fully saturated rings. The Morgan fingerprint density at radius 2 is 1.72 bits per heavy atom. The summed E-state index contributed by atoms with van der Waals surface area (Å²) in [7, 11) is -0.0511. The maximum absolute atomic E-state index is 12.9. The van der Waals surface area contributed by atoms with E-state index in [9.17, 15) is 13.2 Å². The fourth-order valence-corrected chi connectivity index (χ4v) is 3.18. The van der Waals surface area contributed by atoms with E-state index < -0.39 is 9.84 Å². The Bertz CT molecular complexity index is 873. The Labute approximate surface area is 149 Å². The van der Waals surface area contributed by atoms with Crippen molar-refractivity contribution in [2.24, 2.45) is 0 Å². The fourth-order valence-electron chi connectivity index (χ4n) is 2.53. The van der Waals surface area contributed by atoms with E-state index in [0.717, 1.165) is 23.1 Å². The van der Waals surface area contributed by atoms with Crippen LogP contribution < -0.4 is 4.74 Å². The van der Waals surface area contributed by atoms with E-state index in [4.69, 9.17) is 4.74 Å². The second-order valence-corrected chi connectivity index (χ2v) is 8.13. The van der Waals surface area contributed by atoms with Crippen molar-refractivity contribution in [3.05, 3.63) is 59.2 Å². The van der Waals surface area contributed by atoms with Crippen LogP contribution in [0.2, 0.25) is 0 Å². The number of hydrogen-bond acceptors (Lipinski definition) is 4. The fraction of sp³-hybridized carbons (Fsp3) is 0.316. The minimum Gasteiger partial charge on any atom is -0.497 e. The third-order valence-electron chi connectivity index (χ3n) is 4.37. The Morgan fingerprint density at radius 1 is 1.12 bits per heavy atom. The summed E-state index contributed by atoms with van der Waals surface area (Å²) in [6.45, 7) is 3.72. The average molecular weight is 361 g/mol. The molecular formula is C19H23NO4S. The zero-order valence-corrected chi connectivity index (χ0v) is 15.9. The lowest BCUT2D eigenvalue weighted by Crippen LogP contribution is -2.30. The van der Waals surface area contributed by atoms with Crippen LogP contribution in [-0.4, -0.2) is 39.6 Å². The van der Waals surface area contributed by atoms with Crippen LogP contribution in [-0.2, 0) is 9.84 Å². The SMILES string of the molecule is COc1ccc(C(C)N(C)C(=O)c2cc(S(C)(=O)=O)ccc2C)cc1. The summed E-state index contributed by atoms with van der Waals surface area (Å²) in [5, 5.41) is 0. The number of benzene rings is 2. The first-order valence-electron chi connectivity index (χ1n) is 7.87. The molecule has 0 aliphatic heterocycles. The molecule has 6 heteroatoms. The molecule has 0 aromatic heterocycles. The highest BCUT2D eigenvalue weighted by Gasteiger charge is 2.22. The molecule has 0 N–H and O–H groups in total. The molecule has 2 rings (SSSR count). The highest BCUT2D eigenvalue weighted by molar-refractivity contribution is 7.90. The lowest BCUT2D eigenvalue weighted by atomic mass is 10.0. The van der Waals surface area contributed by atoms with Crippen molar-refractivity contribution in [2.45, 2.75) is 24.8 Å². The van der Waals surface area contributed by atoms with Gasteiger partial charge in [0.2, 0.25) is 0 Å². The van der Waals surface area contributed by atoms with Crippen molar-refractivity contribution in [1.29, 1.82) is 0 Å². The summed E-state index contributed by atoms with van der Waals surface area (Å²) in [6.07, 6.45) is 1.13. The van der Waals surface area contributed by atoms with Gasteiger partial charge in [0.1, 0.15) is 5.75 Å². The van der Waals surface area contributed by atoms with E-state index in [1.54, 1.807) is 32.0 Å². The second-order valence-electron chi connectivity index (χ2n) is 6.11. The number of amides is 1. The third kappa shape index (κ3) is 4.20. The van der Waals surface area contributed by atoms with Crippen LogP contribution in [0, 0.1) is 6.92 Å². The zero-order valence-electron chi connectivity index (χ0n) is 15.1. The highest BCUT2D eigenvalue weighted by Crippen LogP contribution is 2.25. The minimum absolute atomic E-state index is 0.145. The summed E-state index contributed by atoms with van der Waals surface area (Å²) < 4.78 is 28.7. The summed E-state index contributed by atoms with van der Waals surface area (Å²) in [5.74, 6) is 0.535. The van der Waals surface area contributed by atoms with Gasteiger partial charge in [-0.05, 0) is 49.2 Å². The molecule has 0 radical (unpaired) electrons. The van der Waals surface area contributed by atoms with Crippen molar-refractivity contribution in [3.8, 4) is 5.75 Å². The molecule has 1 amide bonds. The largest absolute Gasteiger partial charge is 0.497 e. The maximum Gasteiger partial charge on any atom is 0.254 e. The molecule has 0 aliphatic carbocycles. The molecule has 2 aromatic carbocycles. The van der Waals surface area contributed by atoms with E-state index in [-0.39, 0.29) is 16.8 Å². The van der Waals surface area contributed by atoms with Crippen LogP contribution in [0.1, 0.15) is 34.5 Å². The number of hydrogen-bond donors (Lipinski definition) is 0. The van der Waals surface area contributed by atoms with Crippen molar-refractivity contribution in [1.82, 2.24) is 4.90 Å². The van der Waals surface area contributed by atoms with Gasteiger partial charge in [-0.3, -0.25) is 4.79 Å². The number of methoxy groups -OCH3 is 1. The first kappa shape index (κ1) is 19.0. The lowest BCUT2D eigenvalue weighted by Gasteiger charge is -2.26. The number of rotatable bonds is 5. The number of aryl methyl sites for hydroxylation is 1. The van der Waals surface area contributed by atoms with Gasteiger partial charge in [0, 0.05) is 18.9 Å². The molecule has 2 aromatic rings. The quantitative estimate of drug-likeness (QED) is 0.820. The molecule has 0 saturated heterocycles. The van der Waals surface area contributed by atoms with Gasteiger partial charge in [0.25, 0.3) is 5.91 Å². The van der Waals surface area contributed by atoms with Crippen LogP contribution in [0.5, 0.6) is 5.75 Å². The Hall–Kier alpha value is -2.34. The lowest BCUT2D eigenvalue weighted by molar-refractivity contribution is 0.0741. The number of carbonyl (C=O) groups is 1. The van der Waals surface area contributed by atoms with Crippen LogP contribution in [0.4, 0.5) is 0 Å². The molecule has 0 aliphatic rings. The maximum atomic E-state index is 12.9. The van der Waals surface area contributed by atoms with Gasteiger partial charge in [-0.2, -0.15) is 0 Å². The molecular weight excluding hydrogens is 338 g/mol. The topological polar surface area (TPSA) is 63.7 Å². The molecule has 0 spiro atoms. The van der Waals surface area contributed by atoms with Crippen LogP contribution >= 0.6 is 0 Å². The molecule has 5 nitrogen and oxygen atoms in total. The van der Waals surface area contributed by atoms with Gasteiger partial charge >= 0.3 is 0 Å². The standard InChI is InChI=1S/C19H23NO4S/c1-13-6-11-17(25(5,22)23)12-18(13)19(21)20(3)14(2)15-7-9-16(24-4)10-8-15/h6-12,14H,1-5H3. The first-order chi connectivity index (χ1) is 11.6. The molecule has 134 valence electrons. The molecule has 0 bridgehead atoms. The average Bonchev–Trinajstić information content (AvgIpc) is 2.59. The van der Waals surface area contributed by atoms with Crippen molar-refractivity contribution in [3.63, 3.8) is 0 Å². The van der Waals surface area contributed by atoms with Crippen molar-refractivity contribution < 1.29 is 17.9 Å². The molecule has 1 atom stereocenters. The van der Waals surface area contributed by atoms with E-state index in [1.807, 2.05) is 31.2 Å². The second kappa shape index (κ2) is 7.27. The van der Waals surface area contributed by atoms with E-state index >= 15 is 0 Å². The minimum atomic E-state index is -3.37. The Balaban J connectivity index is 2.32. The van der Waals surface area contributed by atoms with Gasteiger partial charge in [0.15, 0.2) is 9.84 Å². The first-order valence-corrected chi connectivity index (χ1v) is 9.76. The number of nitrogens with zero attached hydrogens (tertiary/aromatic N) is 1. The molecule has 25 heavy (non-hydrogen) atoms. The highest BCUT2D eigenvalue weighted by atomic mass is 32.2. The summed E-state index contributed by atoms with van der Waals surface area (Å²) >= 11 is 0. The van der Waals surface area contributed by atoms with Gasteiger partial charge in [-0.1, -0.05) is 18.2 Å². The number of sulfone groups is 1. The summed E-state index contributed by atoms with van der Waals surface area (Å²) in [5.41, 5.74) is 2.10. The Morgan fingerprint density at radius 3 is 2.24 bits per heavy atom. The summed E-state index contributed by atoms with van der Waals surface area (Å²) in [4.78, 5) is 14.6.